The van der Waals surface area contributed by atoms with Crippen LogP contribution in [0.15, 0.2) is 72.1 Å². The first-order valence-electron chi connectivity index (χ1n) is 11.0. The monoisotopic (exact) mass is 569 g/mol. The van der Waals surface area contributed by atoms with Crippen molar-refractivity contribution in [3.8, 4) is 11.1 Å². The number of carbonyl (C=O) groups excluding carboxylic acids is 1. The molecule has 0 unspecified atom stereocenters. The van der Waals surface area contributed by atoms with Crippen LogP contribution < -0.4 is 16.0 Å². The summed E-state index contributed by atoms with van der Waals surface area (Å²) < 4.78 is 36.1. The summed E-state index contributed by atoms with van der Waals surface area (Å²) in [5, 5.41) is 12.8. The summed E-state index contributed by atoms with van der Waals surface area (Å²) in [6.07, 6.45) is 5.97. The van der Waals surface area contributed by atoms with E-state index in [1.807, 2.05) is 0 Å². The summed E-state index contributed by atoms with van der Waals surface area (Å²) in [7, 11) is 1.61. The molecule has 0 bridgehead atoms. The van der Waals surface area contributed by atoms with Crippen LogP contribution >= 0.6 is 15.9 Å². The number of carbonyl (C=O) groups is 1. The molecule has 0 atom stereocenters. The third-order valence-corrected chi connectivity index (χ3v) is 5.75. The maximum absolute atomic E-state index is 14.7. The van der Waals surface area contributed by atoms with Gasteiger partial charge in [0.15, 0.2) is 0 Å². The van der Waals surface area contributed by atoms with Gasteiger partial charge in [-0.05, 0) is 57.9 Å². The van der Waals surface area contributed by atoms with Gasteiger partial charge in [0.25, 0.3) is 0 Å². The van der Waals surface area contributed by atoms with Crippen molar-refractivity contribution in [3.05, 3.63) is 83.8 Å². The Hall–Kier alpha value is -4.16. The molecule has 2 heterocycles. The molecule has 1 amide bonds. The van der Waals surface area contributed by atoms with Crippen LogP contribution in [0.3, 0.4) is 0 Å². The highest BCUT2D eigenvalue weighted by atomic mass is 79.9. The first kappa shape index (κ1) is 25.9. The molecule has 3 N–H and O–H groups in total. The van der Waals surface area contributed by atoms with Crippen LogP contribution in [-0.2, 0) is 16.1 Å². The molecule has 0 aliphatic rings. The number of halogens is 3. The SMILES string of the molecule is C=CC(=O)Nc1ccc(F)c(Nc2nc(Nc3cnn(CCOC)c3)ncc2-c2ccc(Br)c(F)c2)c1. The van der Waals surface area contributed by atoms with Crippen molar-refractivity contribution in [2.45, 2.75) is 6.54 Å². The average Bonchev–Trinajstić information content (AvgIpc) is 3.33. The van der Waals surface area contributed by atoms with E-state index < -0.39 is 17.5 Å². The molecule has 0 radical (unpaired) electrons. The van der Waals surface area contributed by atoms with Gasteiger partial charge in [0, 0.05) is 30.8 Å². The number of ether oxygens (including phenoxy) is 1. The van der Waals surface area contributed by atoms with Crippen molar-refractivity contribution in [1.29, 1.82) is 0 Å². The molecule has 0 spiro atoms. The normalized spacial score (nSPS) is 10.7. The molecular weight excluding hydrogens is 548 g/mol. The molecule has 9 nitrogen and oxygen atoms in total. The number of nitrogens with zero attached hydrogens (tertiary/aromatic N) is 4. The van der Waals surface area contributed by atoms with E-state index >= 15 is 0 Å². The summed E-state index contributed by atoms with van der Waals surface area (Å²) in [5.74, 6) is -1.10. The van der Waals surface area contributed by atoms with Gasteiger partial charge in [-0.25, -0.2) is 13.8 Å². The van der Waals surface area contributed by atoms with Crippen molar-refractivity contribution in [3.63, 3.8) is 0 Å². The minimum atomic E-state index is -0.586. The fourth-order valence-electron chi connectivity index (χ4n) is 3.30. The second kappa shape index (κ2) is 11.7. The van der Waals surface area contributed by atoms with E-state index in [1.165, 1.54) is 30.5 Å². The van der Waals surface area contributed by atoms with E-state index in [-0.39, 0.29) is 17.5 Å². The Bertz CT molecular complexity index is 1440. The lowest BCUT2D eigenvalue weighted by molar-refractivity contribution is -0.111. The van der Waals surface area contributed by atoms with Gasteiger partial charge in [0.05, 0.1) is 35.2 Å². The zero-order valence-electron chi connectivity index (χ0n) is 19.6. The lowest BCUT2D eigenvalue weighted by Crippen LogP contribution is -2.08. The van der Waals surface area contributed by atoms with Crippen LogP contribution in [0.2, 0.25) is 0 Å². The molecule has 4 aromatic rings. The van der Waals surface area contributed by atoms with Gasteiger partial charge in [-0.1, -0.05) is 12.6 Å². The maximum atomic E-state index is 14.7. The lowest BCUT2D eigenvalue weighted by atomic mass is 10.1. The molecule has 37 heavy (non-hydrogen) atoms. The zero-order chi connectivity index (χ0) is 26.4. The second-order valence-corrected chi connectivity index (χ2v) is 8.56. The van der Waals surface area contributed by atoms with E-state index in [0.29, 0.717) is 40.1 Å². The number of methoxy groups -OCH3 is 1. The summed E-state index contributed by atoms with van der Waals surface area (Å²) in [6.45, 7) is 4.48. The molecule has 4 rings (SSSR count). The molecule has 190 valence electrons. The Morgan fingerprint density at radius 2 is 1.97 bits per heavy atom. The Morgan fingerprint density at radius 1 is 1.14 bits per heavy atom. The summed E-state index contributed by atoms with van der Waals surface area (Å²) in [6, 6.07) is 8.59. The van der Waals surface area contributed by atoms with Gasteiger partial charge in [0.2, 0.25) is 11.9 Å². The van der Waals surface area contributed by atoms with E-state index in [4.69, 9.17) is 4.74 Å². The highest BCUT2D eigenvalue weighted by molar-refractivity contribution is 9.10. The Labute approximate surface area is 219 Å². The van der Waals surface area contributed by atoms with Gasteiger partial charge in [-0.3, -0.25) is 9.48 Å². The number of hydrogen-bond donors (Lipinski definition) is 3. The van der Waals surface area contributed by atoms with Crippen molar-refractivity contribution in [2.75, 3.05) is 29.7 Å². The quantitative estimate of drug-likeness (QED) is 0.212. The Morgan fingerprint density at radius 3 is 2.73 bits per heavy atom. The minimum Gasteiger partial charge on any atom is -0.383 e. The first-order chi connectivity index (χ1) is 17.9. The van der Waals surface area contributed by atoms with E-state index in [0.717, 1.165) is 6.08 Å². The van der Waals surface area contributed by atoms with Crippen LogP contribution in [0.5, 0.6) is 0 Å². The first-order valence-corrected chi connectivity index (χ1v) is 11.8. The lowest BCUT2D eigenvalue weighted by Gasteiger charge is -2.15. The second-order valence-electron chi connectivity index (χ2n) is 7.71. The van der Waals surface area contributed by atoms with Crippen LogP contribution in [0.1, 0.15) is 0 Å². The molecular formula is C25H22BrF2N7O2. The predicted octanol–water partition coefficient (Wildman–Crippen LogP) is 5.64. The van der Waals surface area contributed by atoms with E-state index in [9.17, 15) is 13.6 Å². The predicted molar refractivity (Wildman–Crippen MR) is 141 cm³/mol. The van der Waals surface area contributed by atoms with Crippen LogP contribution in [0.25, 0.3) is 11.1 Å². The average molecular weight is 570 g/mol. The Balaban J connectivity index is 1.70. The van der Waals surface area contributed by atoms with Gasteiger partial charge in [-0.15, -0.1) is 0 Å². The fourth-order valence-corrected chi connectivity index (χ4v) is 3.54. The van der Waals surface area contributed by atoms with Crippen molar-refractivity contribution < 1.29 is 18.3 Å². The minimum absolute atomic E-state index is 0.0396. The number of anilines is 5. The van der Waals surface area contributed by atoms with Crippen molar-refractivity contribution in [1.82, 2.24) is 19.7 Å². The topological polar surface area (TPSA) is 106 Å². The summed E-state index contributed by atoms with van der Waals surface area (Å²) >= 11 is 3.14. The molecule has 2 aromatic heterocycles. The van der Waals surface area contributed by atoms with Gasteiger partial charge >= 0.3 is 0 Å². The molecule has 2 aromatic carbocycles. The van der Waals surface area contributed by atoms with E-state index in [1.54, 1.807) is 36.3 Å². The molecule has 0 fully saturated rings. The van der Waals surface area contributed by atoms with Gasteiger partial charge < -0.3 is 20.7 Å². The fraction of sp³-hybridized carbons (Fsp3) is 0.120. The molecule has 0 aliphatic carbocycles. The molecule has 0 saturated carbocycles. The third kappa shape index (κ3) is 6.54. The molecule has 0 aliphatic heterocycles. The number of amides is 1. The van der Waals surface area contributed by atoms with Gasteiger partial charge in [-0.2, -0.15) is 10.1 Å². The van der Waals surface area contributed by atoms with Crippen LogP contribution in [-0.4, -0.2) is 39.4 Å². The standard InChI is InChI=1S/C25H22BrF2N7O2/c1-3-23(36)31-16-5-7-20(27)22(11-16)33-24-18(15-4-6-19(26)21(28)10-15)13-29-25(34-24)32-17-12-30-35(14-17)8-9-37-2/h3-7,10-14H,1,8-9H2,2H3,(H,31,36)(H2,29,32,33,34). The zero-order valence-corrected chi connectivity index (χ0v) is 21.2. The van der Waals surface area contributed by atoms with E-state index in [2.05, 4.69) is 53.5 Å². The van der Waals surface area contributed by atoms with Gasteiger partial charge in [0.1, 0.15) is 17.5 Å². The van der Waals surface area contributed by atoms with Crippen molar-refractivity contribution >= 4 is 50.7 Å². The molecule has 0 saturated heterocycles. The highest BCUT2D eigenvalue weighted by Crippen LogP contribution is 2.33. The summed E-state index contributed by atoms with van der Waals surface area (Å²) in [5.41, 5.74) is 1.91. The number of nitrogens with one attached hydrogen (secondary N) is 3. The van der Waals surface area contributed by atoms with Crippen LogP contribution in [0.4, 0.5) is 37.6 Å². The highest BCUT2D eigenvalue weighted by Gasteiger charge is 2.15. The maximum Gasteiger partial charge on any atom is 0.247 e. The number of benzene rings is 2. The Kier molecular flexibility index (Phi) is 8.21. The largest absolute Gasteiger partial charge is 0.383 e. The number of hydrogen-bond acceptors (Lipinski definition) is 7. The number of aromatic nitrogens is 4. The third-order valence-electron chi connectivity index (χ3n) is 5.11. The van der Waals surface area contributed by atoms with Crippen molar-refractivity contribution in [2.24, 2.45) is 0 Å². The molecule has 12 heteroatoms. The number of rotatable bonds is 10. The summed E-state index contributed by atoms with van der Waals surface area (Å²) in [4.78, 5) is 20.5. The smallest absolute Gasteiger partial charge is 0.247 e. The van der Waals surface area contributed by atoms with Crippen LogP contribution in [0, 0.1) is 11.6 Å².